The molecule has 4 N–H and O–H groups in total. The number of anilines is 1. The highest BCUT2D eigenvalue weighted by Crippen LogP contribution is 2.22. The molecule has 0 aliphatic carbocycles. The van der Waals surface area contributed by atoms with Crippen molar-refractivity contribution in [3.63, 3.8) is 0 Å². The summed E-state index contributed by atoms with van der Waals surface area (Å²) in [7, 11) is 1.18. The number of esters is 1. The van der Waals surface area contributed by atoms with E-state index >= 15 is 0 Å². The third kappa shape index (κ3) is 3.40. The van der Waals surface area contributed by atoms with Crippen LogP contribution in [0.25, 0.3) is 0 Å². The van der Waals surface area contributed by atoms with Crippen LogP contribution in [0, 0.1) is 5.82 Å². The molecule has 0 spiro atoms. The van der Waals surface area contributed by atoms with Crippen molar-refractivity contribution in [3.05, 3.63) is 29.6 Å². The summed E-state index contributed by atoms with van der Waals surface area (Å²) >= 11 is 0. The first kappa shape index (κ1) is 13.4. The molecular weight excluding hydrogens is 229 g/mol. The molecule has 0 bridgehead atoms. The number of aliphatic hydroxyl groups is 2. The van der Waals surface area contributed by atoms with Crippen LogP contribution in [0.1, 0.15) is 18.1 Å². The van der Waals surface area contributed by atoms with Crippen molar-refractivity contribution < 1.29 is 24.1 Å². The Bertz CT molecular complexity index is 410. The van der Waals surface area contributed by atoms with Gasteiger partial charge in [0.1, 0.15) is 11.9 Å². The van der Waals surface area contributed by atoms with Gasteiger partial charge in [-0.2, -0.15) is 0 Å². The lowest BCUT2D eigenvalue weighted by molar-refractivity contribution is -0.144. The highest BCUT2D eigenvalue weighted by molar-refractivity contribution is 5.69. The fraction of sp³-hybridized carbons (Fsp3) is 0.364. The molecule has 0 amide bonds. The number of carbonyl (C=O) groups excluding carboxylic acids is 1. The van der Waals surface area contributed by atoms with Crippen molar-refractivity contribution in [3.8, 4) is 0 Å². The molecule has 94 valence electrons. The van der Waals surface area contributed by atoms with Crippen LogP contribution in [-0.4, -0.2) is 29.4 Å². The predicted molar refractivity (Wildman–Crippen MR) is 58.4 cm³/mol. The van der Waals surface area contributed by atoms with E-state index in [-0.39, 0.29) is 17.7 Å². The third-order valence-corrected chi connectivity index (χ3v) is 2.33. The van der Waals surface area contributed by atoms with Crippen molar-refractivity contribution >= 4 is 11.7 Å². The third-order valence-electron chi connectivity index (χ3n) is 2.33. The summed E-state index contributed by atoms with van der Waals surface area (Å²) in [6.07, 6.45) is -3.00. The fourth-order valence-corrected chi connectivity index (χ4v) is 1.33. The number of rotatable bonds is 4. The number of hydrogen-bond acceptors (Lipinski definition) is 5. The number of halogens is 1. The molecule has 5 nitrogen and oxygen atoms in total. The van der Waals surface area contributed by atoms with Gasteiger partial charge in [-0.25, -0.2) is 4.39 Å². The first-order chi connectivity index (χ1) is 7.95. The van der Waals surface area contributed by atoms with Crippen LogP contribution in [0.4, 0.5) is 10.1 Å². The van der Waals surface area contributed by atoms with Crippen molar-refractivity contribution in [2.45, 2.75) is 18.6 Å². The zero-order valence-electron chi connectivity index (χ0n) is 9.26. The fourth-order valence-electron chi connectivity index (χ4n) is 1.33. The molecule has 0 aliphatic rings. The molecule has 6 heteroatoms. The summed E-state index contributed by atoms with van der Waals surface area (Å²) < 4.78 is 17.2. The standard InChI is InChI=1S/C11H14FNO4/c1-17-10(15)5-9(14)11(16)6-2-3-7(12)8(13)4-6/h2-4,9,11,14,16H,5,13H2,1H3. The number of aliphatic hydroxyl groups excluding tert-OH is 2. The lowest BCUT2D eigenvalue weighted by Gasteiger charge is -2.17. The Hall–Kier alpha value is -1.66. The molecule has 2 atom stereocenters. The first-order valence-corrected chi connectivity index (χ1v) is 4.93. The number of ether oxygens (including phenoxy) is 1. The average molecular weight is 243 g/mol. The van der Waals surface area contributed by atoms with Crippen LogP contribution in [0.2, 0.25) is 0 Å². The summed E-state index contributed by atoms with van der Waals surface area (Å²) in [4.78, 5) is 10.9. The van der Waals surface area contributed by atoms with Crippen LogP contribution in [0.3, 0.4) is 0 Å². The largest absolute Gasteiger partial charge is 0.469 e. The van der Waals surface area contributed by atoms with E-state index < -0.39 is 24.0 Å². The van der Waals surface area contributed by atoms with Gasteiger partial charge in [0, 0.05) is 0 Å². The van der Waals surface area contributed by atoms with Gasteiger partial charge in [0.15, 0.2) is 0 Å². The minimum atomic E-state index is -1.33. The maximum Gasteiger partial charge on any atom is 0.308 e. The highest BCUT2D eigenvalue weighted by Gasteiger charge is 2.22. The summed E-state index contributed by atoms with van der Waals surface area (Å²) in [5.74, 6) is -1.25. The van der Waals surface area contributed by atoms with E-state index in [0.717, 1.165) is 6.07 Å². The molecule has 0 saturated heterocycles. The summed E-state index contributed by atoms with van der Waals surface area (Å²) in [6.45, 7) is 0. The molecule has 1 rings (SSSR count). The maximum atomic E-state index is 12.9. The van der Waals surface area contributed by atoms with E-state index in [1.54, 1.807) is 0 Å². The van der Waals surface area contributed by atoms with Crippen LogP contribution in [0.15, 0.2) is 18.2 Å². The van der Waals surface area contributed by atoms with Gasteiger partial charge in [0.25, 0.3) is 0 Å². The molecule has 17 heavy (non-hydrogen) atoms. The molecule has 0 fully saturated rings. The number of nitrogen functional groups attached to an aromatic ring is 1. The molecule has 0 aliphatic heterocycles. The molecule has 2 unspecified atom stereocenters. The summed E-state index contributed by atoms with van der Waals surface area (Å²) in [5, 5.41) is 19.3. The number of nitrogens with two attached hydrogens (primary N) is 1. The van der Waals surface area contributed by atoms with Gasteiger partial charge >= 0.3 is 5.97 Å². The average Bonchev–Trinajstić information content (AvgIpc) is 2.31. The minimum Gasteiger partial charge on any atom is -0.469 e. The molecule has 1 aromatic carbocycles. The molecular formula is C11H14FNO4. The smallest absolute Gasteiger partial charge is 0.308 e. The van der Waals surface area contributed by atoms with Crippen LogP contribution in [-0.2, 0) is 9.53 Å². The number of methoxy groups -OCH3 is 1. The Balaban J connectivity index is 2.77. The van der Waals surface area contributed by atoms with Crippen LogP contribution < -0.4 is 5.73 Å². The monoisotopic (exact) mass is 243 g/mol. The Morgan fingerprint density at radius 3 is 2.71 bits per heavy atom. The van der Waals surface area contributed by atoms with Gasteiger partial charge in [-0.05, 0) is 17.7 Å². The van der Waals surface area contributed by atoms with Crippen molar-refractivity contribution in [2.75, 3.05) is 12.8 Å². The second kappa shape index (κ2) is 5.60. The van der Waals surface area contributed by atoms with Crippen molar-refractivity contribution in [1.82, 2.24) is 0 Å². The van der Waals surface area contributed by atoms with Gasteiger partial charge in [0.2, 0.25) is 0 Å². The Labute approximate surface area is 97.6 Å². The van der Waals surface area contributed by atoms with Gasteiger partial charge < -0.3 is 20.7 Å². The van der Waals surface area contributed by atoms with Gasteiger partial charge in [-0.3, -0.25) is 4.79 Å². The molecule has 0 heterocycles. The Morgan fingerprint density at radius 1 is 1.53 bits per heavy atom. The van der Waals surface area contributed by atoms with Crippen molar-refractivity contribution in [1.29, 1.82) is 0 Å². The molecule has 0 saturated carbocycles. The van der Waals surface area contributed by atoms with E-state index in [4.69, 9.17) is 5.73 Å². The second-order valence-corrected chi connectivity index (χ2v) is 3.57. The number of hydrogen-bond donors (Lipinski definition) is 3. The molecule has 0 aromatic heterocycles. The quantitative estimate of drug-likeness (QED) is 0.524. The van der Waals surface area contributed by atoms with E-state index in [2.05, 4.69) is 4.74 Å². The molecule has 0 radical (unpaired) electrons. The zero-order chi connectivity index (χ0) is 13.0. The van der Waals surface area contributed by atoms with Crippen molar-refractivity contribution in [2.24, 2.45) is 0 Å². The zero-order valence-corrected chi connectivity index (χ0v) is 9.26. The van der Waals surface area contributed by atoms with Crippen LogP contribution >= 0.6 is 0 Å². The molecule has 1 aromatic rings. The Morgan fingerprint density at radius 2 is 2.18 bits per heavy atom. The van der Waals surface area contributed by atoms with E-state index in [0.29, 0.717) is 0 Å². The predicted octanol–water partition coefficient (Wildman–Crippen LogP) is 0.365. The number of carbonyl (C=O) groups is 1. The van der Waals surface area contributed by atoms with Gasteiger partial charge in [-0.1, -0.05) is 6.07 Å². The maximum absolute atomic E-state index is 12.9. The lowest BCUT2D eigenvalue weighted by atomic mass is 10.0. The number of benzene rings is 1. The normalized spacial score (nSPS) is 14.1. The van der Waals surface area contributed by atoms with E-state index in [9.17, 15) is 19.4 Å². The minimum absolute atomic E-state index is 0.133. The SMILES string of the molecule is COC(=O)CC(O)C(O)c1ccc(F)c(N)c1. The van der Waals surface area contributed by atoms with E-state index in [1.165, 1.54) is 19.2 Å². The lowest BCUT2D eigenvalue weighted by Crippen LogP contribution is -2.22. The highest BCUT2D eigenvalue weighted by atomic mass is 19.1. The topological polar surface area (TPSA) is 92.8 Å². The van der Waals surface area contributed by atoms with Crippen LogP contribution in [0.5, 0.6) is 0 Å². The summed E-state index contributed by atoms with van der Waals surface area (Å²) in [5.41, 5.74) is 5.43. The van der Waals surface area contributed by atoms with E-state index in [1.807, 2.05) is 0 Å². The van der Waals surface area contributed by atoms with Gasteiger partial charge in [-0.15, -0.1) is 0 Å². The Kier molecular flexibility index (Phi) is 4.42. The first-order valence-electron chi connectivity index (χ1n) is 4.93. The van der Waals surface area contributed by atoms with Gasteiger partial charge in [0.05, 0.1) is 25.3 Å². The second-order valence-electron chi connectivity index (χ2n) is 3.57. The summed E-state index contributed by atoms with van der Waals surface area (Å²) in [6, 6.07) is 3.58.